The Labute approximate surface area is 149 Å². The SMILES string of the molecule is CC1CN(C(=O)c2nn(C)c3c2CCNC3)CCC1c1ccccc1. The molecule has 0 radical (unpaired) electrons. The summed E-state index contributed by atoms with van der Waals surface area (Å²) in [7, 11) is 1.94. The monoisotopic (exact) mass is 338 g/mol. The second kappa shape index (κ2) is 6.64. The highest BCUT2D eigenvalue weighted by molar-refractivity contribution is 5.94. The average molecular weight is 338 g/mol. The fraction of sp³-hybridized carbons (Fsp3) is 0.500. The van der Waals surface area contributed by atoms with Crippen LogP contribution in [-0.2, 0) is 20.0 Å². The van der Waals surface area contributed by atoms with Crippen LogP contribution in [0.4, 0.5) is 0 Å². The van der Waals surface area contributed by atoms with Crippen molar-refractivity contribution in [2.45, 2.75) is 32.2 Å². The van der Waals surface area contributed by atoms with Gasteiger partial charge in [0.2, 0.25) is 0 Å². The molecule has 5 heteroatoms. The molecule has 1 N–H and O–H groups in total. The maximum absolute atomic E-state index is 13.1. The van der Waals surface area contributed by atoms with Gasteiger partial charge in [0.25, 0.3) is 5.91 Å². The number of carbonyl (C=O) groups is 1. The van der Waals surface area contributed by atoms with E-state index in [0.29, 0.717) is 17.5 Å². The van der Waals surface area contributed by atoms with Gasteiger partial charge in [-0.05, 0) is 36.8 Å². The van der Waals surface area contributed by atoms with Gasteiger partial charge in [0.15, 0.2) is 5.69 Å². The number of nitrogens with zero attached hydrogens (tertiary/aromatic N) is 3. The molecule has 0 aliphatic carbocycles. The molecule has 4 rings (SSSR count). The second-order valence-electron chi connectivity index (χ2n) is 7.36. The van der Waals surface area contributed by atoms with Crippen molar-refractivity contribution in [3.8, 4) is 0 Å². The van der Waals surface area contributed by atoms with Crippen LogP contribution in [0.15, 0.2) is 30.3 Å². The van der Waals surface area contributed by atoms with Gasteiger partial charge in [-0.25, -0.2) is 0 Å². The van der Waals surface area contributed by atoms with Gasteiger partial charge in [-0.1, -0.05) is 37.3 Å². The first-order valence-electron chi connectivity index (χ1n) is 9.25. The van der Waals surface area contributed by atoms with Crippen LogP contribution in [0.2, 0.25) is 0 Å². The third kappa shape index (κ3) is 2.97. The molecule has 3 heterocycles. The van der Waals surface area contributed by atoms with Crippen molar-refractivity contribution in [2.75, 3.05) is 19.6 Å². The molecule has 1 saturated heterocycles. The second-order valence-corrected chi connectivity index (χ2v) is 7.36. The van der Waals surface area contributed by atoms with Crippen LogP contribution in [0.5, 0.6) is 0 Å². The number of hydrogen-bond acceptors (Lipinski definition) is 3. The van der Waals surface area contributed by atoms with E-state index in [1.807, 2.05) is 16.6 Å². The number of amides is 1. The molecule has 2 atom stereocenters. The summed E-state index contributed by atoms with van der Waals surface area (Å²) in [5, 5.41) is 7.91. The highest BCUT2D eigenvalue weighted by Gasteiger charge is 2.33. The molecule has 0 spiro atoms. The van der Waals surface area contributed by atoms with Crippen LogP contribution in [0.3, 0.4) is 0 Å². The molecule has 2 aliphatic rings. The molecular formula is C20H26N4O. The molecule has 5 nitrogen and oxygen atoms in total. The lowest BCUT2D eigenvalue weighted by Crippen LogP contribution is -2.42. The molecule has 132 valence electrons. The largest absolute Gasteiger partial charge is 0.337 e. The van der Waals surface area contributed by atoms with Crippen LogP contribution in [-0.4, -0.2) is 40.2 Å². The molecule has 2 unspecified atom stereocenters. The Kier molecular flexibility index (Phi) is 4.34. The number of aromatic nitrogens is 2. The lowest BCUT2D eigenvalue weighted by atomic mass is 9.81. The number of carbonyl (C=O) groups excluding carboxylic acids is 1. The first kappa shape index (κ1) is 16.3. The molecule has 1 aromatic heterocycles. The smallest absolute Gasteiger partial charge is 0.274 e. The zero-order valence-electron chi connectivity index (χ0n) is 15.0. The summed E-state index contributed by atoms with van der Waals surface area (Å²) in [6.07, 6.45) is 1.91. The fourth-order valence-electron chi connectivity index (χ4n) is 4.35. The van der Waals surface area contributed by atoms with E-state index in [-0.39, 0.29) is 5.91 Å². The number of fused-ring (bicyclic) bond motifs is 1. The Balaban J connectivity index is 1.52. The summed E-state index contributed by atoms with van der Waals surface area (Å²) in [6.45, 7) is 5.60. The van der Waals surface area contributed by atoms with Gasteiger partial charge in [-0.15, -0.1) is 0 Å². The average Bonchev–Trinajstić information content (AvgIpc) is 2.99. The summed E-state index contributed by atoms with van der Waals surface area (Å²) in [6, 6.07) is 10.7. The predicted octanol–water partition coefficient (Wildman–Crippen LogP) is 2.33. The summed E-state index contributed by atoms with van der Waals surface area (Å²) in [5.41, 5.74) is 4.36. The normalized spacial score (nSPS) is 23.4. The predicted molar refractivity (Wildman–Crippen MR) is 97.5 cm³/mol. The van der Waals surface area contributed by atoms with E-state index in [2.05, 4.69) is 47.7 Å². The van der Waals surface area contributed by atoms with Gasteiger partial charge in [0, 0.05) is 32.2 Å². The number of piperidine rings is 1. The third-order valence-corrected chi connectivity index (χ3v) is 5.74. The van der Waals surface area contributed by atoms with Crippen molar-refractivity contribution in [2.24, 2.45) is 13.0 Å². The van der Waals surface area contributed by atoms with Gasteiger partial charge in [-0.2, -0.15) is 5.10 Å². The van der Waals surface area contributed by atoms with Crippen molar-refractivity contribution in [1.82, 2.24) is 20.0 Å². The van der Waals surface area contributed by atoms with Crippen molar-refractivity contribution in [1.29, 1.82) is 0 Å². The first-order valence-corrected chi connectivity index (χ1v) is 9.25. The topological polar surface area (TPSA) is 50.2 Å². The minimum Gasteiger partial charge on any atom is -0.337 e. The van der Waals surface area contributed by atoms with Gasteiger partial charge >= 0.3 is 0 Å². The standard InChI is InChI=1S/C20H26N4O/c1-14-13-24(11-9-16(14)15-6-4-3-5-7-15)20(25)19-17-8-10-21-12-18(17)23(2)22-19/h3-7,14,16,21H,8-13H2,1-2H3. The lowest BCUT2D eigenvalue weighted by molar-refractivity contribution is 0.0653. The summed E-state index contributed by atoms with van der Waals surface area (Å²) < 4.78 is 1.87. The van der Waals surface area contributed by atoms with Gasteiger partial charge in [0.1, 0.15) is 0 Å². The number of rotatable bonds is 2. The highest BCUT2D eigenvalue weighted by Crippen LogP contribution is 2.33. The molecule has 2 aromatic rings. The van der Waals surface area contributed by atoms with E-state index < -0.39 is 0 Å². The Morgan fingerprint density at radius 3 is 2.84 bits per heavy atom. The number of aryl methyl sites for hydroxylation is 1. The van der Waals surface area contributed by atoms with Gasteiger partial charge in [-0.3, -0.25) is 9.48 Å². The van der Waals surface area contributed by atoms with Crippen molar-refractivity contribution < 1.29 is 4.79 Å². The van der Waals surface area contributed by atoms with E-state index in [9.17, 15) is 4.79 Å². The van der Waals surface area contributed by atoms with Crippen LogP contribution >= 0.6 is 0 Å². The molecule has 1 aromatic carbocycles. The molecule has 1 fully saturated rings. The summed E-state index contributed by atoms with van der Waals surface area (Å²) in [5.74, 6) is 1.10. The van der Waals surface area contributed by atoms with Crippen molar-refractivity contribution in [3.05, 3.63) is 52.8 Å². The van der Waals surface area contributed by atoms with Crippen molar-refractivity contribution >= 4 is 5.91 Å². The van der Waals surface area contributed by atoms with Crippen molar-refractivity contribution in [3.63, 3.8) is 0 Å². The van der Waals surface area contributed by atoms with E-state index in [4.69, 9.17) is 0 Å². The molecule has 0 saturated carbocycles. The fourth-order valence-corrected chi connectivity index (χ4v) is 4.35. The zero-order chi connectivity index (χ0) is 17.4. The van der Waals surface area contributed by atoms with E-state index in [0.717, 1.165) is 50.3 Å². The zero-order valence-corrected chi connectivity index (χ0v) is 15.0. The number of nitrogens with one attached hydrogen (secondary N) is 1. The maximum Gasteiger partial charge on any atom is 0.274 e. The number of benzene rings is 1. The summed E-state index contributed by atoms with van der Waals surface area (Å²) >= 11 is 0. The Bertz CT molecular complexity index is 768. The van der Waals surface area contributed by atoms with E-state index in [1.165, 1.54) is 5.56 Å². The molecule has 2 aliphatic heterocycles. The Morgan fingerprint density at radius 2 is 2.08 bits per heavy atom. The first-order chi connectivity index (χ1) is 12.1. The van der Waals surface area contributed by atoms with Gasteiger partial charge < -0.3 is 10.2 Å². The van der Waals surface area contributed by atoms with Gasteiger partial charge in [0.05, 0.1) is 5.69 Å². The van der Waals surface area contributed by atoms with Crippen LogP contribution in [0, 0.1) is 5.92 Å². The molecule has 25 heavy (non-hydrogen) atoms. The van der Waals surface area contributed by atoms with Crippen LogP contribution in [0.25, 0.3) is 0 Å². The number of likely N-dealkylation sites (tertiary alicyclic amines) is 1. The van der Waals surface area contributed by atoms with E-state index in [1.54, 1.807) is 0 Å². The molecular weight excluding hydrogens is 312 g/mol. The molecule has 1 amide bonds. The summed E-state index contributed by atoms with van der Waals surface area (Å²) in [4.78, 5) is 15.1. The quantitative estimate of drug-likeness (QED) is 0.914. The minimum absolute atomic E-state index is 0.108. The Morgan fingerprint density at radius 1 is 1.28 bits per heavy atom. The minimum atomic E-state index is 0.108. The third-order valence-electron chi connectivity index (χ3n) is 5.74. The maximum atomic E-state index is 13.1. The van der Waals surface area contributed by atoms with E-state index >= 15 is 0 Å². The van der Waals surface area contributed by atoms with Crippen LogP contribution < -0.4 is 5.32 Å². The van der Waals surface area contributed by atoms with Crippen LogP contribution in [0.1, 0.15) is 46.6 Å². The lowest BCUT2D eigenvalue weighted by Gasteiger charge is -2.37. The highest BCUT2D eigenvalue weighted by atomic mass is 16.2. The molecule has 0 bridgehead atoms. The Hall–Kier alpha value is -2.14. The number of hydrogen-bond donors (Lipinski definition) is 1.